The number of halogens is 1. The SMILES string of the molecule is CCCNC(=O)[C@H]1[C@H]2C(=O)N(CCCCCO)C(C(=O)Nc3ccc(Cl)cc3)C23CC(C)[C@]1(C)O3. The first-order valence-electron chi connectivity index (χ1n) is 12.6. The quantitative estimate of drug-likeness (QED) is 0.424. The van der Waals surface area contributed by atoms with Crippen molar-refractivity contribution in [1.29, 1.82) is 0 Å². The third kappa shape index (κ3) is 4.34. The van der Waals surface area contributed by atoms with Crippen LogP contribution in [-0.2, 0) is 19.1 Å². The van der Waals surface area contributed by atoms with E-state index in [4.69, 9.17) is 21.4 Å². The van der Waals surface area contributed by atoms with Crippen LogP contribution in [0.3, 0.4) is 0 Å². The molecule has 3 heterocycles. The summed E-state index contributed by atoms with van der Waals surface area (Å²) in [7, 11) is 0. The fraction of sp³-hybridized carbons (Fsp3) is 0.654. The molecule has 3 aliphatic rings. The van der Waals surface area contributed by atoms with Gasteiger partial charge in [-0.15, -0.1) is 0 Å². The minimum atomic E-state index is -1.06. The maximum atomic E-state index is 13.9. The van der Waals surface area contributed by atoms with Gasteiger partial charge in [0.1, 0.15) is 11.6 Å². The van der Waals surface area contributed by atoms with E-state index in [-0.39, 0.29) is 30.2 Å². The number of likely N-dealkylation sites (tertiary alicyclic amines) is 1. The van der Waals surface area contributed by atoms with E-state index >= 15 is 0 Å². The highest BCUT2D eigenvalue weighted by Gasteiger charge is 2.79. The fourth-order valence-electron chi connectivity index (χ4n) is 6.35. The van der Waals surface area contributed by atoms with Crippen LogP contribution in [0.2, 0.25) is 5.02 Å². The van der Waals surface area contributed by atoms with E-state index in [0.717, 1.165) is 12.8 Å². The van der Waals surface area contributed by atoms with E-state index < -0.39 is 29.1 Å². The topological polar surface area (TPSA) is 108 Å². The predicted molar refractivity (Wildman–Crippen MR) is 133 cm³/mol. The second-order valence-electron chi connectivity index (χ2n) is 10.3. The van der Waals surface area contributed by atoms with Crippen molar-refractivity contribution in [2.24, 2.45) is 17.8 Å². The minimum Gasteiger partial charge on any atom is -0.396 e. The number of unbranched alkanes of at least 4 members (excludes halogenated alkanes) is 2. The number of carbonyl (C=O) groups excluding carboxylic acids is 3. The second-order valence-corrected chi connectivity index (χ2v) is 10.7. The molecule has 8 nitrogen and oxygen atoms in total. The molecule has 1 aromatic rings. The van der Waals surface area contributed by atoms with Gasteiger partial charge in [0.15, 0.2) is 0 Å². The number of nitrogens with zero attached hydrogens (tertiary/aromatic N) is 1. The molecule has 3 aliphatic heterocycles. The first-order chi connectivity index (χ1) is 16.7. The molecule has 192 valence electrons. The largest absolute Gasteiger partial charge is 0.396 e. The summed E-state index contributed by atoms with van der Waals surface area (Å²) in [4.78, 5) is 42.6. The molecule has 9 heteroatoms. The zero-order valence-electron chi connectivity index (χ0n) is 20.7. The number of nitrogens with one attached hydrogen (secondary N) is 2. The maximum absolute atomic E-state index is 13.9. The summed E-state index contributed by atoms with van der Waals surface area (Å²) >= 11 is 6.00. The Hall–Kier alpha value is -2.16. The van der Waals surface area contributed by atoms with Crippen LogP contribution in [0.15, 0.2) is 24.3 Å². The molecule has 0 aromatic heterocycles. The van der Waals surface area contributed by atoms with Gasteiger partial charge in [0, 0.05) is 30.4 Å². The van der Waals surface area contributed by atoms with Crippen molar-refractivity contribution in [1.82, 2.24) is 10.2 Å². The Bertz CT molecular complexity index is 972. The van der Waals surface area contributed by atoms with E-state index in [1.165, 1.54) is 0 Å². The highest BCUT2D eigenvalue weighted by molar-refractivity contribution is 6.30. The molecule has 3 saturated heterocycles. The van der Waals surface area contributed by atoms with E-state index in [1.807, 2.05) is 20.8 Å². The molecule has 0 saturated carbocycles. The number of hydrogen-bond donors (Lipinski definition) is 3. The molecular formula is C26H36ClN3O5. The molecular weight excluding hydrogens is 470 g/mol. The average Bonchev–Trinajstić information content (AvgIpc) is 3.33. The number of ether oxygens (including phenoxy) is 1. The summed E-state index contributed by atoms with van der Waals surface area (Å²) < 4.78 is 6.67. The zero-order valence-corrected chi connectivity index (χ0v) is 21.4. The molecule has 3 N–H and O–H groups in total. The molecule has 6 atom stereocenters. The second kappa shape index (κ2) is 10.1. The highest BCUT2D eigenvalue weighted by Crippen LogP contribution is 2.65. The molecule has 1 spiro atoms. The van der Waals surface area contributed by atoms with Gasteiger partial charge in [0.25, 0.3) is 0 Å². The van der Waals surface area contributed by atoms with Crippen molar-refractivity contribution in [2.45, 2.75) is 70.1 Å². The Balaban J connectivity index is 1.69. The number of aliphatic hydroxyl groups excluding tert-OH is 1. The van der Waals surface area contributed by atoms with E-state index in [1.54, 1.807) is 29.2 Å². The van der Waals surface area contributed by atoms with E-state index in [0.29, 0.717) is 43.1 Å². The summed E-state index contributed by atoms with van der Waals surface area (Å²) in [6.45, 7) is 6.91. The lowest BCUT2D eigenvalue weighted by atomic mass is 9.62. The highest BCUT2D eigenvalue weighted by atomic mass is 35.5. The van der Waals surface area contributed by atoms with Gasteiger partial charge in [-0.25, -0.2) is 0 Å². The van der Waals surface area contributed by atoms with Gasteiger partial charge in [0.05, 0.1) is 17.4 Å². The number of benzene rings is 1. The summed E-state index contributed by atoms with van der Waals surface area (Å²) in [6.07, 6.45) is 3.34. The van der Waals surface area contributed by atoms with E-state index in [2.05, 4.69) is 10.6 Å². The molecule has 2 bridgehead atoms. The lowest BCUT2D eigenvalue weighted by Gasteiger charge is -2.36. The summed E-state index contributed by atoms with van der Waals surface area (Å²) in [6, 6.07) is 5.97. The lowest BCUT2D eigenvalue weighted by molar-refractivity contribution is -0.146. The maximum Gasteiger partial charge on any atom is 0.250 e. The van der Waals surface area contributed by atoms with Crippen LogP contribution in [-0.4, -0.2) is 64.7 Å². The zero-order chi connectivity index (χ0) is 25.4. The third-order valence-electron chi connectivity index (χ3n) is 8.06. The minimum absolute atomic E-state index is 0.00379. The van der Waals surface area contributed by atoms with Gasteiger partial charge in [-0.3, -0.25) is 14.4 Å². The first-order valence-corrected chi connectivity index (χ1v) is 13.0. The van der Waals surface area contributed by atoms with Crippen LogP contribution in [0.5, 0.6) is 0 Å². The van der Waals surface area contributed by atoms with Gasteiger partial charge in [0.2, 0.25) is 17.7 Å². The van der Waals surface area contributed by atoms with Crippen molar-refractivity contribution < 1.29 is 24.2 Å². The van der Waals surface area contributed by atoms with Gasteiger partial charge in [-0.05, 0) is 69.2 Å². The molecule has 3 unspecified atom stereocenters. The average molecular weight is 506 g/mol. The Labute approximate surface area is 211 Å². The monoisotopic (exact) mass is 505 g/mol. The Morgan fingerprint density at radius 3 is 2.57 bits per heavy atom. The van der Waals surface area contributed by atoms with Crippen molar-refractivity contribution >= 4 is 35.0 Å². The molecule has 0 aliphatic carbocycles. The van der Waals surface area contributed by atoms with Gasteiger partial charge >= 0.3 is 0 Å². The smallest absolute Gasteiger partial charge is 0.250 e. The molecule has 35 heavy (non-hydrogen) atoms. The van der Waals surface area contributed by atoms with Crippen LogP contribution >= 0.6 is 11.6 Å². The Morgan fingerprint density at radius 1 is 1.20 bits per heavy atom. The van der Waals surface area contributed by atoms with Crippen molar-refractivity contribution in [2.75, 3.05) is 25.0 Å². The number of rotatable bonds is 10. The normalized spacial score (nSPS) is 33.2. The summed E-state index contributed by atoms with van der Waals surface area (Å²) in [5.74, 6) is -2.06. The van der Waals surface area contributed by atoms with Crippen molar-refractivity contribution in [3.8, 4) is 0 Å². The van der Waals surface area contributed by atoms with Crippen LogP contribution < -0.4 is 10.6 Å². The number of aliphatic hydroxyl groups is 1. The number of fused-ring (bicyclic) bond motifs is 1. The standard InChI is InChI=1S/C26H36ClN3O5/c1-4-12-28-22(32)19-20-24(34)30(13-6-5-7-14-31)21(26(20)15-16(2)25(19,3)35-26)23(33)29-18-10-8-17(27)9-11-18/h8-11,16,19-21,31H,4-7,12-15H2,1-3H3,(H,28,32)(H,29,33)/t16?,19-,20+,21?,25+,26?/m1/s1. The lowest BCUT2D eigenvalue weighted by Crippen LogP contribution is -2.54. The Kier molecular flexibility index (Phi) is 7.46. The third-order valence-corrected chi connectivity index (χ3v) is 8.32. The molecule has 4 rings (SSSR count). The fourth-order valence-corrected chi connectivity index (χ4v) is 6.48. The van der Waals surface area contributed by atoms with Gasteiger partial charge < -0.3 is 25.4 Å². The Morgan fingerprint density at radius 2 is 1.91 bits per heavy atom. The molecule has 3 amide bonds. The van der Waals surface area contributed by atoms with E-state index in [9.17, 15) is 14.4 Å². The molecule has 1 aromatic carbocycles. The molecule has 0 radical (unpaired) electrons. The van der Waals surface area contributed by atoms with Crippen LogP contribution in [0, 0.1) is 17.8 Å². The van der Waals surface area contributed by atoms with Crippen LogP contribution in [0.4, 0.5) is 5.69 Å². The van der Waals surface area contributed by atoms with Crippen molar-refractivity contribution in [3.05, 3.63) is 29.3 Å². The number of carbonyl (C=O) groups is 3. The predicted octanol–water partition coefficient (Wildman–Crippen LogP) is 2.98. The van der Waals surface area contributed by atoms with Crippen LogP contribution in [0.25, 0.3) is 0 Å². The van der Waals surface area contributed by atoms with Crippen LogP contribution in [0.1, 0.15) is 52.9 Å². The first kappa shape index (κ1) is 25.9. The van der Waals surface area contributed by atoms with Gasteiger partial charge in [-0.2, -0.15) is 0 Å². The number of amides is 3. The summed E-state index contributed by atoms with van der Waals surface area (Å²) in [5.41, 5.74) is -1.30. The number of anilines is 1. The van der Waals surface area contributed by atoms with Crippen molar-refractivity contribution in [3.63, 3.8) is 0 Å². The molecule has 3 fully saturated rings. The summed E-state index contributed by atoms with van der Waals surface area (Å²) in [5, 5.41) is 15.6. The van der Waals surface area contributed by atoms with Gasteiger partial charge in [-0.1, -0.05) is 25.4 Å². The number of hydrogen-bond acceptors (Lipinski definition) is 5.